The maximum absolute atomic E-state index is 12.8. The van der Waals surface area contributed by atoms with Crippen LogP contribution < -0.4 is 10.2 Å². The monoisotopic (exact) mass is 304 g/mol. The third-order valence-corrected chi connectivity index (χ3v) is 4.47. The summed E-state index contributed by atoms with van der Waals surface area (Å²) in [6.45, 7) is 9.12. The molecule has 3 nitrogen and oxygen atoms in total. The predicted molar refractivity (Wildman–Crippen MR) is 91.8 cm³/mol. The number of benzene rings is 1. The number of nitrogens with zero attached hydrogens (tertiary/aromatic N) is 1. The van der Waals surface area contributed by atoms with E-state index in [4.69, 9.17) is 12.2 Å². The molecule has 0 aliphatic carbocycles. The van der Waals surface area contributed by atoms with Crippen molar-refractivity contribution >= 4 is 28.9 Å². The van der Waals surface area contributed by atoms with Crippen molar-refractivity contribution in [2.24, 2.45) is 5.92 Å². The minimum atomic E-state index is 0.00150. The van der Waals surface area contributed by atoms with Crippen molar-refractivity contribution in [2.75, 3.05) is 11.4 Å². The Hall–Kier alpha value is -1.42. The fourth-order valence-electron chi connectivity index (χ4n) is 2.83. The molecule has 1 unspecified atom stereocenters. The Kier molecular flexibility index (Phi) is 4.99. The van der Waals surface area contributed by atoms with Gasteiger partial charge >= 0.3 is 0 Å². The number of amides is 1. The first kappa shape index (κ1) is 16.0. The molecule has 1 aromatic rings. The molecule has 2 rings (SSSR count). The van der Waals surface area contributed by atoms with E-state index in [1.807, 2.05) is 6.92 Å². The molecule has 0 saturated carbocycles. The second kappa shape index (κ2) is 6.56. The Morgan fingerprint density at radius 3 is 2.67 bits per heavy atom. The van der Waals surface area contributed by atoms with Gasteiger partial charge < -0.3 is 5.32 Å². The third-order valence-electron chi connectivity index (χ3n) is 4.14. The standard InChI is InChI=1S/C17H24N2OS/c1-5-12-8-7-9-14(11(3)4)15(12)19-16(20)13(6-2)10-18-17(19)21/h7-9,11,13H,5-6,10H2,1-4H3,(H,18,21). The van der Waals surface area contributed by atoms with Crippen LogP contribution in [-0.4, -0.2) is 17.6 Å². The lowest BCUT2D eigenvalue weighted by Crippen LogP contribution is -2.55. The summed E-state index contributed by atoms with van der Waals surface area (Å²) in [5, 5.41) is 3.75. The lowest BCUT2D eigenvalue weighted by atomic mass is 9.94. The summed E-state index contributed by atoms with van der Waals surface area (Å²) in [5.41, 5.74) is 3.36. The summed E-state index contributed by atoms with van der Waals surface area (Å²) in [6.07, 6.45) is 1.72. The van der Waals surface area contributed by atoms with Gasteiger partial charge in [-0.2, -0.15) is 0 Å². The number of anilines is 1. The minimum absolute atomic E-state index is 0.00150. The molecule has 1 fully saturated rings. The number of hydrogen-bond donors (Lipinski definition) is 1. The number of nitrogens with one attached hydrogen (secondary N) is 1. The van der Waals surface area contributed by atoms with E-state index >= 15 is 0 Å². The smallest absolute Gasteiger partial charge is 0.238 e. The molecule has 1 aliphatic rings. The van der Waals surface area contributed by atoms with E-state index in [1.165, 1.54) is 11.1 Å². The van der Waals surface area contributed by atoms with E-state index in [0.29, 0.717) is 17.6 Å². The zero-order valence-electron chi connectivity index (χ0n) is 13.3. The summed E-state index contributed by atoms with van der Waals surface area (Å²) in [7, 11) is 0. The third kappa shape index (κ3) is 2.95. The highest BCUT2D eigenvalue weighted by Gasteiger charge is 2.34. The number of thiocarbonyl (C=S) groups is 1. The number of hydrogen-bond acceptors (Lipinski definition) is 2. The molecular weight excluding hydrogens is 280 g/mol. The number of carbonyl (C=O) groups excluding carboxylic acids is 1. The number of para-hydroxylation sites is 1. The molecule has 1 amide bonds. The summed E-state index contributed by atoms with van der Waals surface area (Å²) in [5.74, 6) is 0.481. The van der Waals surface area contributed by atoms with Crippen molar-refractivity contribution in [1.82, 2.24) is 5.32 Å². The lowest BCUT2D eigenvalue weighted by Gasteiger charge is -2.36. The number of aryl methyl sites for hydroxylation is 1. The van der Waals surface area contributed by atoms with Crippen LogP contribution in [0, 0.1) is 5.92 Å². The molecule has 0 bridgehead atoms. The fraction of sp³-hybridized carbons (Fsp3) is 0.529. The average Bonchev–Trinajstić information content (AvgIpc) is 2.47. The molecule has 0 radical (unpaired) electrons. The Morgan fingerprint density at radius 1 is 1.38 bits per heavy atom. The van der Waals surface area contributed by atoms with Crippen LogP contribution >= 0.6 is 12.2 Å². The van der Waals surface area contributed by atoms with Crippen molar-refractivity contribution < 1.29 is 4.79 Å². The van der Waals surface area contributed by atoms with Gasteiger partial charge in [0.05, 0.1) is 11.6 Å². The largest absolute Gasteiger partial charge is 0.361 e. The Morgan fingerprint density at radius 2 is 2.10 bits per heavy atom. The first-order valence-electron chi connectivity index (χ1n) is 7.74. The van der Waals surface area contributed by atoms with Crippen LogP contribution in [0.4, 0.5) is 5.69 Å². The highest BCUT2D eigenvalue weighted by atomic mass is 32.1. The first-order valence-corrected chi connectivity index (χ1v) is 8.15. The van der Waals surface area contributed by atoms with Gasteiger partial charge in [-0.05, 0) is 42.1 Å². The van der Waals surface area contributed by atoms with Crippen molar-refractivity contribution in [1.29, 1.82) is 0 Å². The Balaban J connectivity index is 2.57. The predicted octanol–water partition coefficient (Wildman–Crippen LogP) is 3.62. The molecule has 0 spiro atoms. The Labute approximate surface area is 132 Å². The lowest BCUT2D eigenvalue weighted by molar-refractivity contribution is -0.121. The van der Waals surface area contributed by atoms with Crippen molar-refractivity contribution in [3.05, 3.63) is 29.3 Å². The van der Waals surface area contributed by atoms with E-state index < -0.39 is 0 Å². The molecule has 114 valence electrons. The molecule has 0 aromatic heterocycles. The molecule has 4 heteroatoms. The fourth-order valence-corrected chi connectivity index (χ4v) is 3.09. The first-order chi connectivity index (χ1) is 10.0. The number of rotatable bonds is 4. The summed E-state index contributed by atoms with van der Waals surface area (Å²) < 4.78 is 0. The van der Waals surface area contributed by atoms with Crippen LogP contribution in [-0.2, 0) is 11.2 Å². The quantitative estimate of drug-likeness (QED) is 0.862. The van der Waals surface area contributed by atoms with E-state index in [1.54, 1.807) is 4.90 Å². The van der Waals surface area contributed by atoms with Crippen LogP contribution in [0.1, 0.15) is 51.2 Å². The normalized spacial score (nSPS) is 19.1. The summed E-state index contributed by atoms with van der Waals surface area (Å²) in [6, 6.07) is 6.26. The van der Waals surface area contributed by atoms with Gasteiger partial charge in [0.15, 0.2) is 5.11 Å². The van der Waals surface area contributed by atoms with Gasteiger partial charge in [0.1, 0.15) is 0 Å². The van der Waals surface area contributed by atoms with Crippen LogP contribution in [0.15, 0.2) is 18.2 Å². The summed E-state index contributed by atoms with van der Waals surface area (Å²) >= 11 is 5.43. The van der Waals surface area contributed by atoms with Gasteiger partial charge in [0.25, 0.3) is 0 Å². The topological polar surface area (TPSA) is 32.3 Å². The van der Waals surface area contributed by atoms with E-state index in [2.05, 4.69) is 44.3 Å². The molecule has 1 saturated heterocycles. The molecule has 1 heterocycles. The second-order valence-corrected chi connectivity index (χ2v) is 6.21. The summed E-state index contributed by atoms with van der Waals surface area (Å²) in [4.78, 5) is 14.5. The number of carbonyl (C=O) groups is 1. The van der Waals surface area contributed by atoms with Gasteiger partial charge in [-0.3, -0.25) is 9.69 Å². The molecule has 21 heavy (non-hydrogen) atoms. The molecular formula is C17H24N2OS. The van der Waals surface area contributed by atoms with Gasteiger partial charge in [-0.25, -0.2) is 0 Å². The zero-order chi connectivity index (χ0) is 15.6. The SMILES string of the molecule is CCc1cccc(C(C)C)c1N1C(=O)C(CC)CNC1=S. The van der Waals surface area contributed by atoms with Gasteiger partial charge in [0.2, 0.25) is 5.91 Å². The van der Waals surface area contributed by atoms with Crippen LogP contribution in [0.5, 0.6) is 0 Å². The van der Waals surface area contributed by atoms with Gasteiger partial charge in [0, 0.05) is 6.54 Å². The molecule has 1 atom stereocenters. The molecule has 1 N–H and O–H groups in total. The Bertz CT molecular complexity index is 554. The van der Waals surface area contributed by atoms with Crippen LogP contribution in [0.25, 0.3) is 0 Å². The van der Waals surface area contributed by atoms with E-state index in [9.17, 15) is 4.79 Å². The maximum atomic E-state index is 12.8. The minimum Gasteiger partial charge on any atom is -0.361 e. The maximum Gasteiger partial charge on any atom is 0.238 e. The van der Waals surface area contributed by atoms with Crippen molar-refractivity contribution in [2.45, 2.75) is 46.5 Å². The molecule has 1 aliphatic heterocycles. The van der Waals surface area contributed by atoms with Crippen molar-refractivity contribution in [3.63, 3.8) is 0 Å². The van der Waals surface area contributed by atoms with E-state index in [0.717, 1.165) is 18.5 Å². The zero-order valence-corrected chi connectivity index (χ0v) is 14.1. The van der Waals surface area contributed by atoms with Gasteiger partial charge in [-0.1, -0.05) is 45.9 Å². The average molecular weight is 304 g/mol. The van der Waals surface area contributed by atoms with Crippen LogP contribution in [0.3, 0.4) is 0 Å². The van der Waals surface area contributed by atoms with Crippen LogP contribution in [0.2, 0.25) is 0 Å². The molecule has 1 aromatic carbocycles. The highest BCUT2D eigenvalue weighted by molar-refractivity contribution is 7.80. The van der Waals surface area contributed by atoms with Gasteiger partial charge in [-0.15, -0.1) is 0 Å². The van der Waals surface area contributed by atoms with E-state index in [-0.39, 0.29) is 11.8 Å². The second-order valence-electron chi connectivity index (χ2n) is 5.83. The van der Waals surface area contributed by atoms with Crippen molar-refractivity contribution in [3.8, 4) is 0 Å². The highest BCUT2D eigenvalue weighted by Crippen LogP contribution is 2.34.